The SMILES string of the molecule is CCOC(=O)c1sc(COc2ccc(NC(C)=O)cc2)nc1-c1ccccc1. The van der Waals surface area contributed by atoms with Gasteiger partial charge in [-0.1, -0.05) is 30.3 Å². The van der Waals surface area contributed by atoms with E-state index >= 15 is 0 Å². The number of amides is 1. The number of hydrogen-bond donors (Lipinski definition) is 1. The van der Waals surface area contributed by atoms with E-state index in [0.29, 0.717) is 33.6 Å². The molecule has 0 radical (unpaired) electrons. The number of benzene rings is 2. The molecule has 1 aromatic heterocycles. The molecule has 0 fully saturated rings. The normalized spacial score (nSPS) is 10.4. The van der Waals surface area contributed by atoms with Crippen LogP contribution in [0.1, 0.15) is 28.5 Å². The number of carbonyl (C=O) groups excluding carboxylic acids is 2. The number of hydrogen-bond acceptors (Lipinski definition) is 6. The van der Waals surface area contributed by atoms with Crippen LogP contribution in [0.25, 0.3) is 11.3 Å². The Morgan fingerprint density at radius 3 is 2.43 bits per heavy atom. The Morgan fingerprint density at radius 2 is 1.79 bits per heavy atom. The van der Waals surface area contributed by atoms with Crippen molar-refractivity contribution in [1.82, 2.24) is 4.98 Å². The minimum atomic E-state index is -0.384. The number of nitrogens with one attached hydrogen (secondary N) is 1. The van der Waals surface area contributed by atoms with E-state index in [9.17, 15) is 9.59 Å². The van der Waals surface area contributed by atoms with Crippen LogP contribution < -0.4 is 10.1 Å². The Morgan fingerprint density at radius 1 is 1.07 bits per heavy atom. The number of esters is 1. The number of rotatable bonds is 7. The lowest BCUT2D eigenvalue weighted by molar-refractivity contribution is -0.114. The average molecular weight is 396 g/mol. The minimum Gasteiger partial charge on any atom is -0.486 e. The maximum atomic E-state index is 12.3. The minimum absolute atomic E-state index is 0.128. The molecule has 0 aliphatic rings. The predicted molar refractivity (Wildman–Crippen MR) is 109 cm³/mol. The summed E-state index contributed by atoms with van der Waals surface area (Å²) in [5.41, 5.74) is 2.15. The van der Waals surface area contributed by atoms with Gasteiger partial charge in [-0.3, -0.25) is 4.79 Å². The van der Waals surface area contributed by atoms with E-state index in [0.717, 1.165) is 5.56 Å². The van der Waals surface area contributed by atoms with Gasteiger partial charge in [-0.15, -0.1) is 11.3 Å². The lowest BCUT2D eigenvalue weighted by Crippen LogP contribution is -2.05. The van der Waals surface area contributed by atoms with Crippen molar-refractivity contribution in [2.45, 2.75) is 20.5 Å². The van der Waals surface area contributed by atoms with Gasteiger partial charge in [0.1, 0.15) is 22.2 Å². The molecule has 1 amide bonds. The van der Waals surface area contributed by atoms with Crippen molar-refractivity contribution >= 4 is 28.9 Å². The van der Waals surface area contributed by atoms with Gasteiger partial charge in [-0.05, 0) is 31.2 Å². The summed E-state index contributed by atoms with van der Waals surface area (Å²) in [6, 6.07) is 16.6. The van der Waals surface area contributed by atoms with E-state index in [-0.39, 0.29) is 18.5 Å². The van der Waals surface area contributed by atoms with Crippen LogP contribution in [-0.4, -0.2) is 23.5 Å². The van der Waals surface area contributed by atoms with Crippen molar-refractivity contribution in [3.8, 4) is 17.0 Å². The Bertz CT molecular complexity index is 952. The van der Waals surface area contributed by atoms with Crippen molar-refractivity contribution in [2.24, 2.45) is 0 Å². The maximum absolute atomic E-state index is 12.3. The molecule has 3 rings (SSSR count). The van der Waals surface area contributed by atoms with E-state index in [1.54, 1.807) is 31.2 Å². The second-order valence-electron chi connectivity index (χ2n) is 5.87. The molecule has 144 valence electrons. The molecule has 0 spiro atoms. The van der Waals surface area contributed by atoms with Gasteiger partial charge in [0, 0.05) is 18.2 Å². The van der Waals surface area contributed by atoms with E-state index in [1.165, 1.54) is 18.3 Å². The summed E-state index contributed by atoms with van der Waals surface area (Å²) in [6.45, 7) is 3.76. The van der Waals surface area contributed by atoms with Gasteiger partial charge in [-0.2, -0.15) is 0 Å². The summed E-state index contributed by atoms with van der Waals surface area (Å²) in [5, 5.41) is 3.38. The number of ether oxygens (including phenoxy) is 2. The molecule has 1 heterocycles. The van der Waals surface area contributed by atoms with Gasteiger partial charge in [-0.25, -0.2) is 9.78 Å². The summed E-state index contributed by atoms with van der Waals surface area (Å²) in [7, 11) is 0. The van der Waals surface area contributed by atoms with Gasteiger partial charge in [0.05, 0.1) is 12.3 Å². The van der Waals surface area contributed by atoms with Crippen LogP contribution in [0.5, 0.6) is 5.75 Å². The molecule has 7 heteroatoms. The van der Waals surface area contributed by atoms with Gasteiger partial charge in [0.25, 0.3) is 0 Å². The highest BCUT2D eigenvalue weighted by Gasteiger charge is 2.20. The maximum Gasteiger partial charge on any atom is 0.350 e. The third-order valence-corrected chi connectivity index (χ3v) is 4.73. The molecule has 2 aromatic carbocycles. The molecule has 6 nitrogen and oxygen atoms in total. The third-order valence-electron chi connectivity index (χ3n) is 3.72. The predicted octanol–water partition coefficient (Wildman–Crippen LogP) is 4.52. The summed E-state index contributed by atoms with van der Waals surface area (Å²) in [4.78, 5) is 28.5. The van der Waals surface area contributed by atoms with Gasteiger partial charge < -0.3 is 14.8 Å². The van der Waals surface area contributed by atoms with Crippen LogP contribution >= 0.6 is 11.3 Å². The Hall–Kier alpha value is -3.19. The number of anilines is 1. The van der Waals surface area contributed by atoms with Gasteiger partial charge in [0.2, 0.25) is 5.91 Å². The smallest absolute Gasteiger partial charge is 0.350 e. The molecular weight excluding hydrogens is 376 g/mol. The van der Waals surface area contributed by atoms with Gasteiger partial charge >= 0.3 is 5.97 Å². The largest absolute Gasteiger partial charge is 0.486 e. The van der Waals surface area contributed by atoms with Crippen LogP contribution in [-0.2, 0) is 16.1 Å². The monoisotopic (exact) mass is 396 g/mol. The van der Waals surface area contributed by atoms with Crippen LogP contribution in [0, 0.1) is 0 Å². The standard InChI is InChI=1S/C21H20N2O4S/c1-3-26-21(25)20-19(15-7-5-4-6-8-15)23-18(28-20)13-27-17-11-9-16(10-12-17)22-14(2)24/h4-12H,3,13H2,1-2H3,(H,22,24). The Balaban J connectivity index is 1.77. The molecule has 3 aromatic rings. The van der Waals surface area contributed by atoms with Crippen molar-refractivity contribution in [3.05, 3.63) is 64.5 Å². The highest BCUT2D eigenvalue weighted by Crippen LogP contribution is 2.30. The topological polar surface area (TPSA) is 77.5 Å². The average Bonchev–Trinajstić information content (AvgIpc) is 3.12. The number of carbonyl (C=O) groups is 2. The molecule has 0 aliphatic carbocycles. The zero-order chi connectivity index (χ0) is 19.9. The van der Waals surface area contributed by atoms with Crippen molar-refractivity contribution in [3.63, 3.8) is 0 Å². The summed E-state index contributed by atoms with van der Waals surface area (Å²) in [5.74, 6) is 0.129. The Kier molecular flexibility index (Phi) is 6.39. The van der Waals surface area contributed by atoms with E-state index < -0.39 is 0 Å². The summed E-state index contributed by atoms with van der Waals surface area (Å²) >= 11 is 1.27. The zero-order valence-corrected chi connectivity index (χ0v) is 16.4. The first-order valence-corrected chi connectivity index (χ1v) is 9.61. The third kappa shape index (κ3) is 4.95. The second kappa shape index (κ2) is 9.14. The summed E-state index contributed by atoms with van der Waals surface area (Å²) < 4.78 is 10.9. The molecule has 1 N–H and O–H groups in total. The highest BCUT2D eigenvalue weighted by molar-refractivity contribution is 7.14. The van der Waals surface area contributed by atoms with Crippen molar-refractivity contribution in [2.75, 3.05) is 11.9 Å². The van der Waals surface area contributed by atoms with Crippen molar-refractivity contribution in [1.29, 1.82) is 0 Å². The lowest BCUT2D eigenvalue weighted by Gasteiger charge is -2.06. The highest BCUT2D eigenvalue weighted by atomic mass is 32.1. The quantitative estimate of drug-likeness (QED) is 0.594. The fraction of sp³-hybridized carbons (Fsp3) is 0.190. The molecule has 0 atom stereocenters. The molecule has 0 saturated carbocycles. The first-order chi connectivity index (χ1) is 13.6. The fourth-order valence-corrected chi connectivity index (χ4v) is 3.43. The molecule has 0 aliphatic heterocycles. The van der Waals surface area contributed by atoms with E-state index in [4.69, 9.17) is 9.47 Å². The fourth-order valence-electron chi connectivity index (χ4n) is 2.54. The molecule has 0 bridgehead atoms. The molecular formula is C21H20N2O4S. The van der Waals surface area contributed by atoms with Crippen LogP contribution in [0.4, 0.5) is 5.69 Å². The Labute approximate surface area is 167 Å². The number of aromatic nitrogens is 1. The first kappa shape index (κ1) is 19.6. The van der Waals surface area contributed by atoms with Crippen LogP contribution in [0.2, 0.25) is 0 Å². The van der Waals surface area contributed by atoms with Crippen LogP contribution in [0.15, 0.2) is 54.6 Å². The number of nitrogens with zero attached hydrogens (tertiary/aromatic N) is 1. The molecule has 0 saturated heterocycles. The molecule has 28 heavy (non-hydrogen) atoms. The second-order valence-corrected chi connectivity index (χ2v) is 6.95. The van der Waals surface area contributed by atoms with Crippen molar-refractivity contribution < 1.29 is 19.1 Å². The molecule has 0 unspecified atom stereocenters. The first-order valence-electron chi connectivity index (χ1n) is 8.79. The zero-order valence-electron chi connectivity index (χ0n) is 15.6. The van der Waals surface area contributed by atoms with Crippen LogP contribution in [0.3, 0.4) is 0 Å². The van der Waals surface area contributed by atoms with Gasteiger partial charge in [0.15, 0.2) is 0 Å². The van der Waals surface area contributed by atoms with E-state index in [2.05, 4.69) is 10.3 Å². The lowest BCUT2D eigenvalue weighted by atomic mass is 10.1. The van der Waals surface area contributed by atoms with E-state index in [1.807, 2.05) is 30.3 Å². The summed E-state index contributed by atoms with van der Waals surface area (Å²) in [6.07, 6.45) is 0. The number of thiazole rings is 1.